The quantitative estimate of drug-likeness (QED) is 0.742. The van der Waals surface area contributed by atoms with Crippen LogP contribution in [-0.2, 0) is 16.1 Å². The highest BCUT2D eigenvalue weighted by Crippen LogP contribution is 2.05. The van der Waals surface area contributed by atoms with Gasteiger partial charge in [-0.25, -0.2) is 0 Å². The molecule has 1 saturated heterocycles. The first kappa shape index (κ1) is 12.4. The molecule has 1 fully saturated rings. The number of nitrogens with two attached hydrogens (primary N) is 1. The molecule has 7 nitrogen and oxygen atoms in total. The van der Waals surface area contributed by atoms with Crippen LogP contribution >= 0.6 is 0 Å². The van der Waals surface area contributed by atoms with Crippen molar-refractivity contribution in [2.45, 2.75) is 13.0 Å². The van der Waals surface area contributed by atoms with Gasteiger partial charge in [0.15, 0.2) is 0 Å². The monoisotopic (exact) mass is 251 g/mol. The molecule has 1 aromatic heterocycles. The molecule has 2 amide bonds. The molecule has 0 saturated carbocycles. The molecule has 0 radical (unpaired) electrons. The van der Waals surface area contributed by atoms with Crippen LogP contribution in [-0.4, -0.2) is 58.1 Å². The van der Waals surface area contributed by atoms with Crippen LogP contribution in [0.1, 0.15) is 6.42 Å². The van der Waals surface area contributed by atoms with Gasteiger partial charge in [0, 0.05) is 26.3 Å². The van der Waals surface area contributed by atoms with E-state index in [-0.39, 0.29) is 24.9 Å². The second-order valence-electron chi connectivity index (χ2n) is 4.46. The Hall–Kier alpha value is -2.05. The SMILES string of the molecule is CN1CCCN(C(=O)Cn2cc(N)cn2)CC1=O. The molecule has 18 heavy (non-hydrogen) atoms. The smallest absolute Gasteiger partial charge is 0.244 e. The lowest BCUT2D eigenvalue weighted by Gasteiger charge is -2.19. The average molecular weight is 251 g/mol. The minimum Gasteiger partial charge on any atom is -0.396 e. The van der Waals surface area contributed by atoms with Crippen LogP contribution in [0.15, 0.2) is 12.4 Å². The highest BCUT2D eigenvalue weighted by molar-refractivity contribution is 5.85. The number of likely N-dealkylation sites (N-methyl/N-ethyl adjacent to an activating group) is 1. The summed E-state index contributed by atoms with van der Waals surface area (Å²) < 4.78 is 1.48. The summed E-state index contributed by atoms with van der Waals surface area (Å²) in [4.78, 5) is 26.9. The van der Waals surface area contributed by atoms with E-state index in [0.29, 0.717) is 18.8 Å². The van der Waals surface area contributed by atoms with E-state index in [1.54, 1.807) is 23.0 Å². The number of carbonyl (C=O) groups excluding carboxylic acids is 2. The lowest BCUT2D eigenvalue weighted by Crippen LogP contribution is -2.39. The molecule has 1 aromatic rings. The van der Waals surface area contributed by atoms with E-state index in [1.165, 1.54) is 10.9 Å². The summed E-state index contributed by atoms with van der Waals surface area (Å²) in [5, 5.41) is 3.96. The van der Waals surface area contributed by atoms with E-state index in [4.69, 9.17) is 5.73 Å². The number of nitrogen functional groups attached to an aromatic ring is 1. The molecule has 2 heterocycles. The Morgan fingerprint density at radius 3 is 2.94 bits per heavy atom. The average Bonchev–Trinajstić information content (AvgIpc) is 2.64. The highest BCUT2D eigenvalue weighted by Gasteiger charge is 2.22. The fraction of sp³-hybridized carbons (Fsp3) is 0.545. The maximum atomic E-state index is 12.0. The summed E-state index contributed by atoms with van der Waals surface area (Å²) in [7, 11) is 1.75. The van der Waals surface area contributed by atoms with Crippen molar-refractivity contribution in [1.29, 1.82) is 0 Å². The van der Waals surface area contributed by atoms with Gasteiger partial charge in [-0.05, 0) is 6.42 Å². The predicted molar refractivity (Wildman–Crippen MR) is 65.5 cm³/mol. The molecule has 0 aliphatic carbocycles. The van der Waals surface area contributed by atoms with Crippen LogP contribution in [0.4, 0.5) is 5.69 Å². The first-order valence-electron chi connectivity index (χ1n) is 5.86. The summed E-state index contributed by atoms with van der Waals surface area (Å²) in [5.41, 5.74) is 6.05. The second-order valence-corrected chi connectivity index (χ2v) is 4.46. The van der Waals surface area contributed by atoms with Crippen LogP contribution in [0, 0.1) is 0 Å². The lowest BCUT2D eigenvalue weighted by atomic mass is 10.4. The standard InChI is InChI=1S/C11H17N5O2/c1-14-3-2-4-15(7-10(14)17)11(18)8-16-6-9(12)5-13-16/h5-6H,2-4,7-8,12H2,1H3. The van der Waals surface area contributed by atoms with Crippen molar-refractivity contribution in [1.82, 2.24) is 19.6 Å². The zero-order valence-electron chi connectivity index (χ0n) is 10.4. The number of amides is 2. The Kier molecular flexibility index (Phi) is 3.50. The van der Waals surface area contributed by atoms with E-state index in [1.807, 2.05) is 0 Å². The first-order valence-corrected chi connectivity index (χ1v) is 5.86. The van der Waals surface area contributed by atoms with Crippen molar-refractivity contribution in [3.05, 3.63) is 12.4 Å². The maximum Gasteiger partial charge on any atom is 0.244 e. The Morgan fingerprint density at radius 2 is 2.28 bits per heavy atom. The van der Waals surface area contributed by atoms with E-state index in [9.17, 15) is 9.59 Å². The molecule has 0 atom stereocenters. The van der Waals surface area contributed by atoms with Gasteiger partial charge in [-0.3, -0.25) is 14.3 Å². The summed E-state index contributed by atoms with van der Waals surface area (Å²) in [6, 6.07) is 0. The Labute approximate surface area is 105 Å². The molecule has 0 bridgehead atoms. The van der Waals surface area contributed by atoms with E-state index in [2.05, 4.69) is 5.10 Å². The molecule has 0 aromatic carbocycles. The first-order chi connectivity index (χ1) is 8.56. The maximum absolute atomic E-state index is 12.0. The predicted octanol–water partition coefficient (Wildman–Crippen LogP) is -0.844. The number of nitrogens with zero attached hydrogens (tertiary/aromatic N) is 4. The molecule has 7 heteroatoms. The minimum absolute atomic E-state index is 0.0270. The van der Waals surface area contributed by atoms with E-state index in [0.717, 1.165) is 6.42 Å². The molecular formula is C11H17N5O2. The molecule has 1 aliphatic rings. The fourth-order valence-electron chi connectivity index (χ4n) is 1.90. The van der Waals surface area contributed by atoms with Crippen molar-refractivity contribution in [2.75, 3.05) is 32.4 Å². The summed E-state index contributed by atoms with van der Waals surface area (Å²) in [6.45, 7) is 1.56. The Morgan fingerprint density at radius 1 is 1.50 bits per heavy atom. The number of rotatable bonds is 2. The zero-order valence-corrected chi connectivity index (χ0v) is 10.4. The number of aromatic nitrogens is 2. The fourth-order valence-corrected chi connectivity index (χ4v) is 1.90. The third kappa shape index (κ3) is 2.79. The van der Waals surface area contributed by atoms with Crippen molar-refractivity contribution in [3.63, 3.8) is 0 Å². The van der Waals surface area contributed by atoms with Gasteiger partial charge in [0.1, 0.15) is 6.54 Å². The van der Waals surface area contributed by atoms with Crippen LogP contribution in [0.2, 0.25) is 0 Å². The molecule has 0 spiro atoms. The highest BCUT2D eigenvalue weighted by atomic mass is 16.2. The normalized spacial score (nSPS) is 16.8. The molecule has 0 unspecified atom stereocenters. The molecule has 98 valence electrons. The van der Waals surface area contributed by atoms with Crippen LogP contribution in [0.5, 0.6) is 0 Å². The van der Waals surface area contributed by atoms with Crippen molar-refractivity contribution < 1.29 is 9.59 Å². The third-order valence-electron chi connectivity index (χ3n) is 2.98. The summed E-state index contributed by atoms with van der Waals surface area (Å²) >= 11 is 0. The third-order valence-corrected chi connectivity index (χ3v) is 2.98. The van der Waals surface area contributed by atoms with E-state index >= 15 is 0 Å². The van der Waals surface area contributed by atoms with Gasteiger partial charge in [0.25, 0.3) is 0 Å². The van der Waals surface area contributed by atoms with Gasteiger partial charge in [-0.1, -0.05) is 0 Å². The Bertz CT molecular complexity index is 456. The van der Waals surface area contributed by atoms with Gasteiger partial charge in [0.2, 0.25) is 11.8 Å². The minimum atomic E-state index is -0.109. The van der Waals surface area contributed by atoms with Gasteiger partial charge >= 0.3 is 0 Å². The van der Waals surface area contributed by atoms with Crippen LogP contribution in [0.25, 0.3) is 0 Å². The molecule has 2 N–H and O–H groups in total. The van der Waals surface area contributed by atoms with Gasteiger partial charge in [0.05, 0.1) is 18.4 Å². The molecular weight excluding hydrogens is 234 g/mol. The number of anilines is 1. The molecule has 2 rings (SSSR count). The topological polar surface area (TPSA) is 84.5 Å². The summed E-state index contributed by atoms with van der Waals surface area (Å²) in [6.07, 6.45) is 3.90. The van der Waals surface area contributed by atoms with Gasteiger partial charge < -0.3 is 15.5 Å². The van der Waals surface area contributed by atoms with Crippen molar-refractivity contribution in [2.24, 2.45) is 0 Å². The van der Waals surface area contributed by atoms with E-state index < -0.39 is 0 Å². The largest absolute Gasteiger partial charge is 0.396 e. The lowest BCUT2D eigenvalue weighted by molar-refractivity contribution is -0.138. The van der Waals surface area contributed by atoms with Crippen molar-refractivity contribution >= 4 is 17.5 Å². The van der Waals surface area contributed by atoms with Gasteiger partial charge in [-0.2, -0.15) is 5.10 Å². The molecule has 1 aliphatic heterocycles. The van der Waals surface area contributed by atoms with Crippen molar-refractivity contribution in [3.8, 4) is 0 Å². The summed E-state index contributed by atoms with van der Waals surface area (Å²) in [5.74, 6) is -0.137. The van der Waals surface area contributed by atoms with Crippen LogP contribution < -0.4 is 5.73 Å². The number of carbonyl (C=O) groups is 2. The van der Waals surface area contributed by atoms with Gasteiger partial charge in [-0.15, -0.1) is 0 Å². The van der Waals surface area contributed by atoms with Crippen LogP contribution in [0.3, 0.4) is 0 Å². The Balaban J connectivity index is 1.98. The number of hydrogen-bond acceptors (Lipinski definition) is 4. The second kappa shape index (κ2) is 5.07. The number of hydrogen-bond donors (Lipinski definition) is 1. The zero-order chi connectivity index (χ0) is 13.1.